The highest BCUT2D eigenvalue weighted by Gasteiger charge is 2.21. The van der Waals surface area contributed by atoms with Crippen LogP contribution in [0.3, 0.4) is 0 Å². The van der Waals surface area contributed by atoms with Crippen molar-refractivity contribution >= 4 is 5.69 Å². The first-order valence-electron chi connectivity index (χ1n) is 8.36. The molecule has 0 fully saturated rings. The van der Waals surface area contributed by atoms with E-state index in [1.54, 1.807) is 0 Å². The Morgan fingerprint density at radius 2 is 1.35 bits per heavy atom. The van der Waals surface area contributed by atoms with Crippen molar-refractivity contribution in [2.75, 3.05) is 24.7 Å². The Labute approximate surface area is 139 Å². The van der Waals surface area contributed by atoms with Gasteiger partial charge < -0.3 is 14.4 Å². The maximum Gasteiger partial charge on any atom is 0.174 e. The van der Waals surface area contributed by atoms with Crippen LogP contribution in [0.1, 0.15) is 32.4 Å². The zero-order valence-corrected chi connectivity index (χ0v) is 14.3. The van der Waals surface area contributed by atoms with Crippen LogP contribution < -0.4 is 4.90 Å². The fourth-order valence-corrected chi connectivity index (χ4v) is 2.70. The fourth-order valence-electron chi connectivity index (χ4n) is 2.70. The molecule has 3 nitrogen and oxygen atoms in total. The number of anilines is 1. The number of nitrogens with zero attached hydrogens (tertiary/aromatic N) is 1. The lowest BCUT2D eigenvalue weighted by atomic mass is 10.1. The van der Waals surface area contributed by atoms with E-state index >= 15 is 0 Å². The second-order valence-corrected chi connectivity index (χ2v) is 5.41. The minimum absolute atomic E-state index is 0.226. The molecule has 2 rings (SSSR count). The van der Waals surface area contributed by atoms with Crippen LogP contribution in [0, 0.1) is 0 Å². The number of hydrogen-bond acceptors (Lipinski definition) is 3. The van der Waals surface area contributed by atoms with Gasteiger partial charge in [-0.25, -0.2) is 0 Å². The van der Waals surface area contributed by atoms with Crippen molar-refractivity contribution in [3.8, 4) is 0 Å². The van der Waals surface area contributed by atoms with Gasteiger partial charge in [0.05, 0.1) is 12.6 Å². The third-order valence-corrected chi connectivity index (χ3v) is 3.89. The van der Waals surface area contributed by atoms with E-state index in [-0.39, 0.29) is 12.3 Å². The average Bonchev–Trinajstić information content (AvgIpc) is 2.61. The number of para-hydroxylation sites is 1. The van der Waals surface area contributed by atoms with Gasteiger partial charge in [0.2, 0.25) is 0 Å². The normalized spacial score (nSPS) is 12.3. The van der Waals surface area contributed by atoms with Gasteiger partial charge in [-0.1, -0.05) is 48.5 Å². The Morgan fingerprint density at radius 3 is 1.87 bits per heavy atom. The Hall–Kier alpha value is -1.84. The summed E-state index contributed by atoms with van der Waals surface area (Å²) >= 11 is 0. The highest BCUT2D eigenvalue weighted by molar-refractivity contribution is 5.48. The fraction of sp³-hybridized carbons (Fsp3) is 0.400. The molecule has 0 aliphatic rings. The molecule has 0 aromatic heterocycles. The van der Waals surface area contributed by atoms with Crippen LogP contribution in [0.4, 0.5) is 5.69 Å². The maximum absolute atomic E-state index is 5.76. The minimum atomic E-state index is -0.226. The van der Waals surface area contributed by atoms with Crippen molar-refractivity contribution in [1.82, 2.24) is 0 Å². The monoisotopic (exact) mass is 313 g/mol. The third-order valence-electron chi connectivity index (χ3n) is 3.89. The maximum atomic E-state index is 5.76. The van der Waals surface area contributed by atoms with Gasteiger partial charge in [-0.05, 0) is 38.5 Å². The van der Waals surface area contributed by atoms with Gasteiger partial charge >= 0.3 is 0 Å². The van der Waals surface area contributed by atoms with E-state index in [0.29, 0.717) is 19.8 Å². The Balaban J connectivity index is 2.24. The topological polar surface area (TPSA) is 21.7 Å². The molecule has 0 aliphatic carbocycles. The smallest absolute Gasteiger partial charge is 0.174 e. The molecule has 0 spiro atoms. The molecule has 124 valence electrons. The summed E-state index contributed by atoms with van der Waals surface area (Å²) in [7, 11) is 0. The van der Waals surface area contributed by atoms with Crippen molar-refractivity contribution in [2.24, 2.45) is 0 Å². The zero-order chi connectivity index (χ0) is 16.5. The number of ether oxygens (including phenoxy) is 2. The highest BCUT2D eigenvalue weighted by Crippen LogP contribution is 2.27. The van der Waals surface area contributed by atoms with Crippen molar-refractivity contribution in [3.63, 3.8) is 0 Å². The Kier molecular flexibility index (Phi) is 7.11. The van der Waals surface area contributed by atoms with Crippen LogP contribution in [0.5, 0.6) is 0 Å². The summed E-state index contributed by atoms with van der Waals surface area (Å²) in [5.74, 6) is 0. The van der Waals surface area contributed by atoms with E-state index in [2.05, 4.69) is 60.4 Å². The summed E-state index contributed by atoms with van der Waals surface area (Å²) in [6.45, 7) is 8.21. The molecule has 3 heteroatoms. The predicted molar refractivity (Wildman–Crippen MR) is 95.7 cm³/mol. The molecule has 0 aliphatic heterocycles. The molecule has 2 aromatic rings. The summed E-state index contributed by atoms with van der Waals surface area (Å²) in [5.41, 5.74) is 2.45. The van der Waals surface area contributed by atoms with E-state index in [4.69, 9.17) is 9.47 Å². The summed E-state index contributed by atoms with van der Waals surface area (Å²) < 4.78 is 11.5. The highest BCUT2D eigenvalue weighted by atomic mass is 16.7. The van der Waals surface area contributed by atoms with Crippen LogP contribution in [-0.4, -0.2) is 26.0 Å². The zero-order valence-electron chi connectivity index (χ0n) is 14.3. The van der Waals surface area contributed by atoms with E-state index < -0.39 is 0 Å². The van der Waals surface area contributed by atoms with Gasteiger partial charge in [-0.2, -0.15) is 0 Å². The second-order valence-electron chi connectivity index (χ2n) is 5.41. The largest absolute Gasteiger partial charge is 0.360 e. The van der Waals surface area contributed by atoms with Crippen LogP contribution in [0.25, 0.3) is 0 Å². The van der Waals surface area contributed by atoms with Gasteiger partial charge in [0.25, 0.3) is 0 Å². The van der Waals surface area contributed by atoms with Crippen LogP contribution in [0.2, 0.25) is 0 Å². The number of hydrogen-bond donors (Lipinski definition) is 0. The van der Waals surface area contributed by atoms with Crippen molar-refractivity contribution < 1.29 is 9.47 Å². The molecular weight excluding hydrogens is 286 g/mol. The summed E-state index contributed by atoms with van der Waals surface area (Å²) in [4.78, 5) is 2.34. The van der Waals surface area contributed by atoms with E-state index in [1.807, 2.05) is 26.0 Å². The standard InChI is InChI=1S/C20H27NO2/c1-4-22-20(23-5-2)16-21(19-14-10-7-11-15-19)17(3)18-12-8-6-9-13-18/h6-15,17,20H,4-5,16H2,1-3H3. The minimum Gasteiger partial charge on any atom is -0.360 e. The van der Waals surface area contributed by atoms with Gasteiger partial charge in [0, 0.05) is 18.9 Å². The van der Waals surface area contributed by atoms with Crippen LogP contribution >= 0.6 is 0 Å². The molecule has 0 radical (unpaired) electrons. The lowest BCUT2D eigenvalue weighted by Gasteiger charge is -2.34. The summed E-state index contributed by atoms with van der Waals surface area (Å²) in [6.07, 6.45) is -0.226. The van der Waals surface area contributed by atoms with Gasteiger partial charge in [-0.3, -0.25) is 0 Å². The van der Waals surface area contributed by atoms with Gasteiger partial charge in [0.1, 0.15) is 0 Å². The van der Waals surface area contributed by atoms with E-state index in [1.165, 1.54) is 11.3 Å². The first-order chi connectivity index (χ1) is 11.3. The van der Waals surface area contributed by atoms with E-state index in [0.717, 1.165) is 0 Å². The van der Waals surface area contributed by atoms with Gasteiger partial charge in [-0.15, -0.1) is 0 Å². The molecule has 0 saturated heterocycles. The number of benzene rings is 2. The lowest BCUT2D eigenvalue weighted by Crippen LogP contribution is -2.37. The molecule has 2 aromatic carbocycles. The second kappa shape index (κ2) is 9.33. The molecular formula is C20H27NO2. The average molecular weight is 313 g/mol. The molecule has 0 saturated carbocycles. The predicted octanol–water partition coefficient (Wildman–Crippen LogP) is 4.65. The summed E-state index contributed by atoms with van der Waals surface area (Å²) in [5, 5.41) is 0. The Morgan fingerprint density at radius 1 is 0.826 bits per heavy atom. The molecule has 0 heterocycles. The molecule has 0 N–H and O–H groups in total. The number of rotatable bonds is 9. The van der Waals surface area contributed by atoms with Crippen molar-refractivity contribution in [1.29, 1.82) is 0 Å². The third kappa shape index (κ3) is 5.08. The quantitative estimate of drug-likeness (QED) is 0.629. The van der Waals surface area contributed by atoms with Crippen molar-refractivity contribution in [2.45, 2.75) is 33.1 Å². The molecule has 0 amide bonds. The SMILES string of the molecule is CCOC(CN(c1ccccc1)C(C)c1ccccc1)OCC. The molecule has 23 heavy (non-hydrogen) atoms. The Bertz CT molecular complexity index is 538. The van der Waals surface area contributed by atoms with Gasteiger partial charge in [0.15, 0.2) is 6.29 Å². The van der Waals surface area contributed by atoms with Crippen LogP contribution in [-0.2, 0) is 9.47 Å². The van der Waals surface area contributed by atoms with Crippen LogP contribution in [0.15, 0.2) is 60.7 Å². The molecule has 0 bridgehead atoms. The lowest BCUT2D eigenvalue weighted by molar-refractivity contribution is -0.130. The first kappa shape index (κ1) is 17.5. The van der Waals surface area contributed by atoms with Crippen molar-refractivity contribution in [3.05, 3.63) is 66.2 Å². The molecule has 1 unspecified atom stereocenters. The molecule has 1 atom stereocenters. The summed E-state index contributed by atoms with van der Waals surface area (Å²) in [6, 6.07) is 21.2. The first-order valence-corrected chi connectivity index (χ1v) is 8.36. The van der Waals surface area contributed by atoms with E-state index in [9.17, 15) is 0 Å².